The van der Waals surface area contributed by atoms with Crippen LogP contribution in [0.1, 0.15) is 38.9 Å². The van der Waals surface area contributed by atoms with Gasteiger partial charge in [0.05, 0.1) is 22.7 Å². The SMILES string of the molecule is Cc1cc(C)c(B2c3cc4ccccc4cc3N3c4cc5cc(C)c(C)cc5cc4N(c4ccc5ccccc5c4)c4cc5cc(C)c(C)cc5c2c43)c(C)c1. The van der Waals surface area contributed by atoms with Crippen LogP contribution in [0.3, 0.4) is 0 Å². The van der Waals surface area contributed by atoms with Gasteiger partial charge in [0.2, 0.25) is 6.71 Å². The molecule has 0 saturated heterocycles. The summed E-state index contributed by atoms with van der Waals surface area (Å²) in [5.74, 6) is 0. The molecule has 0 radical (unpaired) electrons. The first-order valence-corrected chi connectivity index (χ1v) is 20.0. The number of fused-ring (bicyclic) bond motifs is 9. The van der Waals surface area contributed by atoms with Crippen LogP contribution in [0.5, 0.6) is 0 Å². The van der Waals surface area contributed by atoms with Gasteiger partial charge in [0.1, 0.15) is 0 Å². The Morgan fingerprint density at radius 3 is 1.54 bits per heavy atom. The number of rotatable bonds is 2. The van der Waals surface area contributed by atoms with Crippen molar-refractivity contribution in [1.82, 2.24) is 0 Å². The van der Waals surface area contributed by atoms with Gasteiger partial charge in [-0.05, 0) is 161 Å². The van der Waals surface area contributed by atoms with Crippen molar-refractivity contribution >= 4 is 100 Å². The zero-order valence-corrected chi connectivity index (χ0v) is 33.2. The van der Waals surface area contributed by atoms with E-state index in [9.17, 15) is 0 Å². The van der Waals surface area contributed by atoms with E-state index in [2.05, 4.69) is 192 Å². The molecule has 0 aliphatic carbocycles. The zero-order chi connectivity index (χ0) is 38.1. The molecule has 2 aliphatic heterocycles. The maximum absolute atomic E-state index is 2.64. The normalized spacial score (nSPS) is 13.2. The predicted octanol–water partition coefficient (Wildman–Crippen LogP) is 12.5. The molecule has 56 heavy (non-hydrogen) atoms. The first kappa shape index (κ1) is 33.1. The van der Waals surface area contributed by atoms with E-state index in [1.807, 2.05) is 0 Å². The van der Waals surface area contributed by atoms with Crippen LogP contribution in [0.15, 0.2) is 133 Å². The lowest BCUT2D eigenvalue weighted by molar-refractivity contribution is 1.19. The largest absolute Gasteiger partial charge is 0.307 e. The van der Waals surface area contributed by atoms with Crippen LogP contribution in [-0.2, 0) is 0 Å². The highest BCUT2D eigenvalue weighted by Crippen LogP contribution is 2.57. The summed E-state index contributed by atoms with van der Waals surface area (Å²) in [4.78, 5) is 5.20. The van der Waals surface area contributed by atoms with Gasteiger partial charge in [-0.3, -0.25) is 0 Å². The molecule has 0 amide bonds. The summed E-state index contributed by atoms with van der Waals surface area (Å²) in [6.07, 6.45) is 0. The standard InChI is InChI=1S/C53H43BN2/c1-30-18-35(6)51(36(7)19-30)54-46-25-39-14-10-11-15-40(39)26-47(46)56-49-28-42-21-32(3)31(2)20-41(42)27-48(49)55(44-17-16-37-12-8-9-13-38(37)24-44)50-29-43-22-33(4)34(5)23-45(43)52(54)53(50)56/h8-29H,1-7H3. The number of nitrogens with zero attached hydrogens (tertiary/aromatic N) is 2. The second kappa shape index (κ2) is 11.8. The molecule has 0 saturated carbocycles. The molecule has 0 aromatic heterocycles. The van der Waals surface area contributed by atoms with Crippen molar-refractivity contribution in [2.75, 3.05) is 9.80 Å². The Morgan fingerprint density at radius 1 is 0.357 bits per heavy atom. The van der Waals surface area contributed by atoms with Gasteiger partial charge in [0.15, 0.2) is 0 Å². The van der Waals surface area contributed by atoms with Gasteiger partial charge in [-0.2, -0.15) is 0 Å². The van der Waals surface area contributed by atoms with Gasteiger partial charge in [0.25, 0.3) is 0 Å². The number of anilines is 6. The number of hydrogen-bond acceptors (Lipinski definition) is 2. The second-order valence-corrected chi connectivity index (χ2v) is 16.6. The highest BCUT2D eigenvalue weighted by atomic mass is 15.3. The molecule has 268 valence electrons. The van der Waals surface area contributed by atoms with Crippen LogP contribution in [-0.4, -0.2) is 6.71 Å². The quantitative estimate of drug-likeness (QED) is 0.164. The van der Waals surface area contributed by atoms with Crippen molar-refractivity contribution in [3.63, 3.8) is 0 Å². The van der Waals surface area contributed by atoms with Gasteiger partial charge < -0.3 is 9.80 Å². The fourth-order valence-corrected chi connectivity index (χ4v) is 10.1. The molecule has 2 aliphatic rings. The Balaban J connectivity index is 1.36. The number of aryl methyl sites for hydroxylation is 7. The lowest BCUT2D eigenvalue weighted by atomic mass is 9.33. The Morgan fingerprint density at radius 2 is 0.875 bits per heavy atom. The average Bonchev–Trinajstić information content (AvgIpc) is 3.18. The first-order chi connectivity index (χ1) is 27.1. The van der Waals surface area contributed by atoms with E-state index in [4.69, 9.17) is 0 Å². The highest BCUT2D eigenvalue weighted by molar-refractivity contribution is 7.00. The van der Waals surface area contributed by atoms with Crippen LogP contribution in [0, 0.1) is 48.5 Å². The molecule has 0 atom stereocenters. The van der Waals surface area contributed by atoms with Crippen LogP contribution >= 0.6 is 0 Å². The third-order valence-corrected chi connectivity index (χ3v) is 13.0. The summed E-state index contributed by atoms with van der Waals surface area (Å²) in [5.41, 5.74) is 20.7. The molecule has 11 rings (SSSR count). The van der Waals surface area contributed by atoms with Gasteiger partial charge in [-0.1, -0.05) is 119 Å². The summed E-state index contributed by atoms with van der Waals surface area (Å²) in [6.45, 7) is 15.9. The fourth-order valence-electron chi connectivity index (χ4n) is 10.1. The van der Waals surface area contributed by atoms with Crippen molar-refractivity contribution in [3.8, 4) is 0 Å². The molecule has 2 nitrogen and oxygen atoms in total. The topological polar surface area (TPSA) is 6.48 Å². The second-order valence-electron chi connectivity index (χ2n) is 16.6. The molecule has 0 bridgehead atoms. The van der Waals surface area contributed by atoms with Gasteiger partial charge in [-0.15, -0.1) is 0 Å². The molecule has 0 spiro atoms. The molecule has 3 heteroatoms. The molecular weight excluding hydrogens is 675 g/mol. The van der Waals surface area contributed by atoms with E-state index in [1.165, 1.54) is 133 Å². The van der Waals surface area contributed by atoms with E-state index in [0.29, 0.717) is 0 Å². The van der Waals surface area contributed by atoms with Crippen molar-refractivity contribution in [2.45, 2.75) is 48.5 Å². The van der Waals surface area contributed by atoms with E-state index in [1.54, 1.807) is 0 Å². The van der Waals surface area contributed by atoms with E-state index in [-0.39, 0.29) is 6.71 Å². The fraction of sp³-hybridized carbons (Fsp3) is 0.132. The molecule has 0 fully saturated rings. The van der Waals surface area contributed by atoms with Gasteiger partial charge >= 0.3 is 0 Å². The van der Waals surface area contributed by atoms with Crippen LogP contribution < -0.4 is 26.2 Å². The highest BCUT2D eigenvalue weighted by Gasteiger charge is 2.44. The molecule has 9 aromatic carbocycles. The van der Waals surface area contributed by atoms with Crippen molar-refractivity contribution in [3.05, 3.63) is 172 Å². The molecule has 0 unspecified atom stereocenters. The Labute approximate surface area is 329 Å². The molecular formula is C53H43BN2. The minimum atomic E-state index is 0.0244. The molecule has 0 N–H and O–H groups in total. The van der Waals surface area contributed by atoms with E-state index < -0.39 is 0 Å². The summed E-state index contributed by atoms with van der Waals surface area (Å²) in [6, 6.07) is 51.4. The van der Waals surface area contributed by atoms with E-state index in [0.717, 1.165) is 0 Å². The number of hydrogen-bond donors (Lipinski definition) is 0. The minimum Gasteiger partial charge on any atom is -0.307 e. The van der Waals surface area contributed by atoms with Crippen molar-refractivity contribution in [1.29, 1.82) is 0 Å². The molecule has 9 aromatic rings. The average molecular weight is 719 g/mol. The van der Waals surface area contributed by atoms with Crippen LogP contribution in [0.4, 0.5) is 34.1 Å². The maximum atomic E-state index is 2.64. The smallest absolute Gasteiger partial charge is 0.248 e. The third-order valence-electron chi connectivity index (χ3n) is 13.0. The monoisotopic (exact) mass is 718 g/mol. The third kappa shape index (κ3) is 4.70. The predicted molar refractivity (Wildman–Crippen MR) is 244 cm³/mol. The molecule has 2 heterocycles. The summed E-state index contributed by atoms with van der Waals surface area (Å²) in [5, 5.41) is 10.1. The van der Waals surface area contributed by atoms with Crippen molar-refractivity contribution in [2.24, 2.45) is 0 Å². The number of benzene rings is 9. The summed E-state index contributed by atoms with van der Waals surface area (Å²) >= 11 is 0. The summed E-state index contributed by atoms with van der Waals surface area (Å²) in [7, 11) is 0. The van der Waals surface area contributed by atoms with Crippen LogP contribution in [0.2, 0.25) is 0 Å². The van der Waals surface area contributed by atoms with Gasteiger partial charge in [-0.25, -0.2) is 0 Å². The zero-order valence-electron chi connectivity index (χ0n) is 33.2. The van der Waals surface area contributed by atoms with E-state index >= 15 is 0 Å². The lowest BCUT2D eigenvalue weighted by Crippen LogP contribution is -2.59. The lowest BCUT2D eigenvalue weighted by Gasteiger charge is -2.46. The van der Waals surface area contributed by atoms with Crippen molar-refractivity contribution < 1.29 is 0 Å². The van der Waals surface area contributed by atoms with Gasteiger partial charge in [0, 0.05) is 11.4 Å². The minimum absolute atomic E-state index is 0.0244. The van der Waals surface area contributed by atoms with Crippen LogP contribution in [0.25, 0.3) is 43.1 Å². The Bertz CT molecular complexity index is 3170. The maximum Gasteiger partial charge on any atom is 0.248 e. The first-order valence-electron chi connectivity index (χ1n) is 20.0. The Kier molecular flexibility index (Phi) is 6.99. The summed E-state index contributed by atoms with van der Waals surface area (Å²) < 4.78 is 0. The Hall–Kier alpha value is -6.32.